The number of hydrogen-bond donors (Lipinski definition) is 1. The van der Waals surface area contributed by atoms with E-state index < -0.39 is 0 Å². The summed E-state index contributed by atoms with van der Waals surface area (Å²) in [6.45, 7) is 0. The zero-order chi connectivity index (χ0) is 12.2. The standard InChI is InChI=1S/C15H20N2S/c1-2-6-12(7-3-1)10-11-18-15-16-13-8-4-5-9-14(13)17-15/h4-5,8-9,12H,1-3,6-7,10-11H2,(H,16,17)/p+1. The number of H-pyrrole nitrogens is 2. The fourth-order valence-corrected chi connectivity index (χ4v) is 3.87. The third kappa shape index (κ3) is 2.89. The molecule has 0 amide bonds. The second kappa shape index (κ2) is 5.79. The SMILES string of the molecule is c1ccc2[nH+]c(SCCC3CCCCC3)[nH]c2c1. The number of aromatic amines is 2. The van der Waals surface area contributed by atoms with Gasteiger partial charge in [-0.2, -0.15) is 0 Å². The van der Waals surface area contributed by atoms with Crippen molar-refractivity contribution in [1.29, 1.82) is 0 Å². The molecule has 18 heavy (non-hydrogen) atoms. The van der Waals surface area contributed by atoms with Gasteiger partial charge in [0.1, 0.15) is 0 Å². The van der Waals surface area contributed by atoms with Crippen molar-refractivity contribution in [3.63, 3.8) is 0 Å². The largest absolute Gasteiger partial charge is 0.314 e. The Balaban J connectivity index is 1.53. The lowest BCUT2D eigenvalue weighted by Crippen LogP contribution is -2.08. The van der Waals surface area contributed by atoms with Crippen LogP contribution in [0.5, 0.6) is 0 Å². The summed E-state index contributed by atoms with van der Waals surface area (Å²) in [5, 5.41) is 1.20. The maximum Gasteiger partial charge on any atom is 0.314 e. The van der Waals surface area contributed by atoms with Crippen molar-refractivity contribution in [3.05, 3.63) is 24.3 Å². The van der Waals surface area contributed by atoms with Gasteiger partial charge in [0.05, 0.1) is 0 Å². The second-order valence-corrected chi connectivity index (χ2v) is 6.37. The Morgan fingerprint density at radius 2 is 2.00 bits per heavy atom. The number of para-hydroxylation sites is 2. The molecule has 2 nitrogen and oxygen atoms in total. The average molecular weight is 261 g/mol. The molecule has 0 aliphatic heterocycles. The molecule has 1 aromatic carbocycles. The highest BCUT2D eigenvalue weighted by Gasteiger charge is 2.15. The van der Waals surface area contributed by atoms with Gasteiger partial charge in [-0.3, -0.25) is 0 Å². The van der Waals surface area contributed by atoms with Crippen LogP contribution in [-0.4, -0.2) is 10.7 Å². The molecule has 1 heterocycles. The minimum atomic E-state index is 0.982. The zero-order valence-electron chi connectivity index (χ0n) is 10.7. The molecule has 1 aliphatic rings. The summed E-state index contributed by atoms with van der Waals surface area (Å²) in [4.78, 5) is 6.88. The van der Waals surface area contributed by atoms with Crippen LogP contribution in [0.25, 0.3) is 11.0 Å². The van der Waals surface area contributed by atoms with Crippen LogP contribution in [-0.2, 0) is 0 Å². The van der Waals surface area contributed by atoms with E-state index in [1.807, 2.05) is 11.8 Å². The molecule has 0 unspecified atom stereocenters. The molecule has 0 spiro atoms. The topological polar surface area (TPSA) is 29.9 Å². The van der Waals surface area contributed by atoms with E-state index in [1.165, 1.54) is 60.5 Å². The molecule has 1 saturated carbocycles. The van der Waals surface area contributed by atoms with Gasteiger partial charge in [-0.25, -0.2) is 9.97 Å². The van der Waals surface area contributed by atoms with Gasteiger partial charge in [-0.1, -0.05) is 44.2 Å². The molecule has 2 aromatic rings. The van der Waals surface area contributed by atoms with E-state index in [-0.39, 0.29) is 0 Å². The molecule has 1 aromatic heterocycles. The third-order valence-electron chi connectivity index (χ3n) is 3.92. The number of fused-ring (bicyclic) bond motifs is 1. The monoisotopic (exact) mass is 261 g/mol. The molecular formula is C15H21N2S+. The number of aromatic nitrogens is 2. The minimum absolute atomic E-state index is 0.982. The van der Waals surface area contributed by atoms with Crippen LogP contribution >= 0.6 is 11.8 Å². The average Bonchev–Trinajstić information content (AvgIpc) is 2.82. The minimum Gasteiger partial charge on any atom is -0.231 e. The number of hydrogen-bond acceptors (Lipinski definition) is 1. The van der Waals surface area contributed by atoms with Gasteiger partial charge in [-0.05, 0) is 36.2 Å². The molecule has 0 radical (unpaired) electrons. The highest BCUT2D eigenvalue weighted by atomic mass is 32.2. The maximum absolute atomic E-state index is 3.44. The lowest BCUT2D eigenvalue weighted by atomic mass is 9.88. The summed E-state index contributed by atoms with van der Waals surface area (Å²) in [6, 6.07) is 8.39. The molecule has 1 aliphatic carbocycles. The van der Waals surface area contributed by atoms with Gasteiger partial charge in [-0.15, -0.1) is 0 Å². The Bertz CT molecular complexity index is 467. The van der Waals surface area contributed by atoms with E-state index in [0.717, 1.165) is 5.92 Å². The summed E-state index contributed by atoms with van der Waals surface area (Å²) in [7, 11) is 0. The first kappa shape index (κ1) is 12.1. The van der Waals surface area contributed by atoms with Crippen molar-refractivity contribution in [3.8, 4) is 0 Å². The predicted octanol–water partition coefficient (Wildman–Crippen LogP) is 4.04. The van der Waals surface area contributed by atoms with E-state index in [0.29, 0.717) is 0 Å². The summed E-state index contributed by atoms with van der Waals surface area (Å²) in [6.07, 6.45) is 8.64. The Morgan fingerprint density at radius 1 is 1.17 bits per heavy atom. The second-order valence-electron chi connectivity index (χ2n) is 5.27. The first-order chi connectivity index (χ1) is 8.92. The van der Waals surface area contributed by atoms with E-state index in [2.05, 4.69) is 34.2 Å². The predicted molar refractivity (Wildman–Crippen MR) is 76.8 cm³/mol. The van der Waals surface area contributed by atoms with Crippen molar-refractivity contribution in [1.82, 2.24) is 4.98 Å². The quantitative estimate of drug-likeness (QED) is 0.827. The van der Waals surface area contributed by atoms with Crippen LogP contribution in [0.2, 0.25) is 0 Å². The molecule has 3 rings (SSSR count). The Morgan fingerprint density at radius 3 is 2.83 bits per heavy atom. The Labute approximate surface area is 113 Å². The van der Waals surface area contributed by atoms with E-state index >= 15 is 0 Å². The van der Waals surface area contributed by atoms with Crippen LogP contribution in [0.15, 0.2) is 29.4 Å². The van der Waals surface area contributed by atoms with Crippen LogP contribution in [0.4, 0.5) is 0 Å². The van der Waals surface area contributed by atoms with Crippen molar-refractivity contribution in [2.45, 2.75) is 43.7 Å². The summed E-state index contributed by atoms with van der Waals surface area (Å²) >= 11 is 1.93. The molecule has 2 N–H and O–H groups in total. The number of nitrogens with one attached hydrogen (secondary N) is 2. The first-order valence-corrected chi connectivity index (χ1v) is 8.03. The summed E-state index contributed by atoms with van der Waals surface area (Å²) < 4.78 is 0. The zero-order valence-corrected chi connectivity index (χ0v) is 11.6. The number of imidazole rings is 1. The van der Waals surface area contributed by atoms with E-state index in [9.17, 15) is 0 Å². The smallest absolute Gasteiger partial charge is 0.231 e. The van der Waals surface area contributed by atoms with Crippen LogP contribution in [0, 0.1) is 5.92 Å². The van der Waals surface area contributed by atoms with Crippen molar-refractivity contribution in [2.24, 2.45) is 5.92 Å². The van der Waals surface area contributed by atoms with Crippen LogP contribution in [0.1, 0.15) is 38.5 Å². The number of benzene rings is 1. The van der Waals surface area contributed by atoms with Gasteiger partial charge in [0.25, 0.3) is 0 Å². The Hall–Kier alpha value is -0.960. The van der Waals surface area contributed by atoms with Crippen LogP contribution < -0.4 is 4.98 Å². The lowest BCUT2D eigenvalue weighted by Gasteiger charge is -2.20. The molecule has 1 fully saturated rings. The Kier molecular flexibility index (Phi) is 3.89. The summed E-state index contributed by atoms with van der Waals surface area (Å²) in [5.74, 6) is 2.21. The highest BCUT2D eigenvalue weighted by Crippen LogP contribution is 2.28. The van der Waals surface area contributed by atoms with E-state index in [1.54, 1.807) is 0 Å². The lowest BCUT2D eigenvalue weighted by molar-refractivity contribution is -0.396. The number of rotatable bonds is 4. The van der Waals surface area contributed by atoms with Crippen molar-refractivity contribution in [2.75, 3.05) is 5.75 Å². The highest BCUT2D eigenvalue weighted by molar-refractivity contribution is 7.99. The van der Waals surface area contributed by atoms with Gasteiger partial charge < -0.3 is 0 Å². The van der Waals surface area contributed by atoms with E-state index in [4.69, 9.17) is 0 Å². The van der Waals surface area contributed by atoms with Gasteiger partial charge in [0, 0.05) is 5.75 Å². The molecular weight excluding hydrogens is 240 g/mol. The van der Waals surface area contributed by atoms with Crippen molar-refractivity contribution >= 4 is 22.8 Å². The summed E-state index contributed by atoms with van der Waals surface area (Å²) in [5.41, 5.74) is 2.41. The first-order valence-electron chi connectivity index (χ1n) is 7.04. The fraction of sp³-hybridized carbons (Fsp3) is 0.533. The maximum atomic E-state index is 3.44. The molecule has 0 saturated heterocycles. The van der Waals surface area contributed by atoms with Crippen molar-refractivity contribution < 1.29 is 4.98 Å². The molecule has 3 heteroatoms. The van der Waals surface area contributed by atoms with Gasteiger partial charge in [0.15, 0.2) is 11.0 Å². The number of thioether (sulfide) groups is 1. The normalized spacial score (nSPS) is 17.3. The van der Waals surface area contributed by atoms with Gasteiger partial charge >= 0.3 is 5.16 Å². The molecule has 0 atom stereocenters. The van der Waals surface area contributed by atoms with Gasteiger partial charge in [0.2, 0.25) is 0 Å². The van der Waals surface area contributed by atoms with Crippen LogP contribution in [0.3, 0.4) is 0 Å². The molecule has 0 bridgehead atoms. The third-order valence-corrected chi connectivity index (χ3v) is 4.85. The molecule has 96 valence electrons. The fourth-order valence-electron chi connectivity index (χ4n) is 2.85.